The van der Waals surface area contributed by atoms with Gasteiger partial charge in [-0.05, 0) is 43.4 Å². The van der Waals surface area contributed by atoms with E-state index < -0.39 is 5.97 Å². The molecule has 0 aromatic heterocycles. The molecule has 0 spiro atoms. The molecule has 2 rings (SSSR count). The van der Waals surface area contributed by atoms with Gasteiger partial charge in [-0.3, -0.25) is 4.79 Å². The van der Waals surface area contributed by atoms with Gasteiger partial charge in [-0.1, -0.05) is 22.0 Å². The zero-order valence-corrected chi connectivity index (χ0v) is 11.0. The predicted octanol–water partition coefficient (Wildman–Crippen LogP) is 3.47. The fourth-order valence-electron chi connectivity index (χ4n) is 2.30. The van der Waals surface area contributed by atoms with Gasteiger partial charge in [-0.25, -0.2) is 0 Å². The van der Waals surface area contributed by atoms with Crippen molar-refractivity contribution in [1.29, 1.82) is 0 Å². The van der Waals surface area contributed by atoms with Crippen molar-refractivity contribution >= 4 is 21.9 Å². The first-order valence-electron chi connectivity index (χ1n) is 5.77. The monoisotopic (exact) mass is 298 g/mol. The van der Waals surface area contributed by atoms with Gasteiger partial charge < -0.3 is 9.84 Å². The highest BCUT2D eigenvalue weighted by Crippen LogP contribution is 2.31. The zero-order valence-electron chi connectivity index (χ0n) is 9.43. The Hall–Kier alpha value is -1.03. The molecule has 0 amide bonds. The third-order valence-electron chi connectivity index (χ3n) is 3.06. The van der Waals surface area contributed by atoms with Crippen molar-refractivity contribution in [2.75, 3.05) is 0 Å². The maximum Gasteiger partial charge on any atom is 0.303 e. The molecule has 0 heterocycles. The van der Waals surface area contributed by atoms with Crippen LogP contribution in [0.2, 0.25) is 0 Å². The number of hydrogen-bond donors (Lipinski definition) is 1. The highest BCUT2D eigenvalue weighted by atomic mass is 79.9. The van der Waals surface area contributed by atoms with Crippen LogP contribution >= 0.6 is 15.9 Å². The third kappa shape index (κ3) is 3.73. The molecule has 1 aliphatic carbocycles. The molecule has 0 bridgehead atoms. The van der Waals surface area contributed by atoms with Crippen LogP contribution in [0.1, 0.15) is 25.7 Å². The lowest BCUT2D eigenvalue weighted by Crippen LogP contribution is -2.13. The second-order valence-electron chi connectivity index (χ2n) is 4.47. The minimum absolute atomic E-state index is 0.161. The van der Waals surface area contributed by atoms with Crippen LogP contribution in [0.4, 0.5) is 0 Å². The molecule has 0 aliphatic heterocycles. The number of carboxylic acids is 1. The molecule has 1 N–H and O–H groups in total. The Bertz CT molecular complexity index is 405. The van der Waals surface area contributed by atoms with Gasteiger partial charge >= 0.3 is 5.97 Å². The van der Waals surface area contributed by atoms with E-state index in [1.54, 1.807) is 0 Å². The van der Waals surface area contributed by atoms with Crippen LogP contribution in [-0.2, 0) is 4.79 Å². The molecule has 3 nitrogen and oxygen atoms in total. The molecule has 2 atom stereocenters. The topological polar surface area (TPSA) is 46.5 Å². The second kappa shape index (κ2) is 5.54. The van der Waals surface area contributed by atoms with Crippen molar-refractivity contribution in [2.24, 2.45) is 5.92 Å². The summed E-state index contributed by atoms with van der Waals surface area (Å²) < 4.78 is 6.84. The van der Waals surface area contributed by atoms with Gasteiger partial charge in [0, 0.05) is 10.9 Å². The summed E-state index contributed by atoms with van der Waals surface area (Å²) in [7, 11) is 0. The normalized spacial score (nSPS) is 23.6. The summed E-state index contributed by atoms with van der Waals surface area (Å²) >= 11 is 3.40. The van der Waals surface area contributed by atoms with Crippen LogP contribution in [0.5, 0.6) is 5.75 Å². The minimum Gasteiger partial charge on any atom is -0.490 e. The van der Waals surface area contributed by atoms with Crippen LogP contribution in [0.15, 0.2) is 28.7 Å². The number of ether oxygens (including phenoxy) is 1. The van der Waals surface area contributed by atoms with Crippen LogP contribution < -0.4 is 4.74 Å². The van der Waals surface area contributed by atoms with E-state index in [0.717, 1.165) is 29.5 Å². The van der Waals surface area contributed by atoms with Crippen molar-refractivity contribution < 1.29 is 14.6 Å². The molecule has 92 valence electrons. The maximum atomic E-state index is 10.6. The van der Waals surface area contributed by atoms with Crippen molar-refractivity contribution in [3.8, 4) is 5.75 Å². The second-order valence-corrected chi connectivity index (χ2v) is 5.39. The Kier molecular flexibility index (Phi) is 4.05. The van der Waals surface area contributed by atoms with Gasteiger partial charge in [0.1, 0.15) is 5.75 Å². The molecular weight excluding hydrogens is 284 g/mol. The fourth-order valence-corrected chi connectivity index (χ4v) is 2.68. The van der Waals surface area contributed by atoms with Gasteiger partial charge in [0.05, 0.1) is 6.10 Å². The minimum atomic E-state index is -0.710. The lowest BCUT2D eigenvalue weighted by molar-refractivity contribution is -0.138. The van der Waals surface area contributed by atoms with E-state index in [4.69, 9.17) is 9.84 Å². The van der Waals surface area contributed by atoms with Gasteiger partial charge in [0.15, 0.2) is 0 Å². The van der Waals surface area contributed by atoms with Crippen LogP contribution in [0, 0.1) is 5.92 Å². The number of aliphatic carboxylic acids is 1. The SMILES string of the molecule is O=C(O)CC1CCC(Oc2cccc(Br)c2)C1. The van der Waals surface area contributed by atoms with Crippen molar-refractivity contribution in [1.82, 2.24) is 0 Å². The first-order chi connectivity index (χ1) is 8.13. The van der Waals surface area contributed by atoms with E-state index in [9.17, 15) is 4.79 Å². The smallest absolute Gasteiger partial charge is 0.303 e. The molecule has 4 heteroatoms. The van der Waals surface area contributed by atoms with Crippen LogP contribution in [-0.4, -0.2) is 17.2 Å². The van der Waals surface area contributed by atoms with E-state index >= 15 is 0 Å². The van der Waals surface area contributed by atoms with Gasteiger partial charge in [-0.2, -0.15) is 0 Å². The standard InChI is InChI=1S/C13H15BrO3/c14-10-2-1-3-11(8-10)17-12-5-4-9(6-12)7-13(15)16/h1-3,8-9,12H,4-7H2,(H,15,16). The number of rotatable bonds is 4. The average molecular weight is 299 g/mol. The summed E-state index contributed by atoms with van der Waals surface area (Å²) in [5.74, 6) is 0.406. The number of carboxylic acid groups (broad SMARTS) is 1. The summed E-state index contributed by atoms with van der Waals surface area (Å²) in [5, 5.41) is 8.74. The highest BCUT2D eigenvalue weighted by molar-refractivity contribution is 9.10. The van der Waals surface area contributed by atoms with Crippen LogP contribution in [0.3, 0.4) is 0 Å². The summed E-state index contributed by atoms with van der Waals surface area (Å²) in [4.78, 5) is 10.6. The van der Waals surface area contributed by atoms with Gasteiger partial charge in [0.2, 0.25) is 0 Å². The Morgan fingerprint density at radius 1 is 1.47 bits per heavy atom. The van der Waals surface area contributed by atoms with Crippen molar-refractivity contribution in [3.05, 3.63) is 28.7 Å². The molecule has 1 aliphatic rings. The Morgan fingerprint density at radius 2 is 2.29 bits per heavy atom. The molecule has 1 fully saturated rings. The Morgan fingerprint density at radius 3 is 3.00 bits per heavy atom. The number of carbonyl (C=O) groups is 1. The quantitative estimate of drug-likeness (QED) is 0.926. The van der Waals surface area contributed by atoms with E-state index in [2.05, 4.69) is 15.9 Å². The van der Waals surface area contributed by atoms with Gasteiger partial charge in [0.25, 0.3) is 0 Å². The highest BCUT2D eigenvalue weighted by Gasteiger charge is 2.27. The molecular formula is C13H15BrO3. The Balaban J connectivity index is 1.87. The first kappa shape index (κ1) is 12.4. The van der Waals surface area contributed by atoms with Crippen LogP contribution in [0.25, 0.3) is 0 Å². The average Bonchev–Trinajstić information content (AvgIpc) is 2.64. The van der Waals surface area contributed by atoms with Gasteiger partial charge in [-0.15, -0.1) is 0 Å². The molecule has 17 heavy (non-hydrogen) atoms. The van der Waals surface area contributed by atoms with E-state index in [-0.39, 0.29) is 18.4 Å². The zero-order chi connectivity index (χ0) is 12.3. The third-order valence-corrected chi connectivity index (χ3v) is 3.55. The van der Waals surface area contributed by atoms with E-state index in [0.29, 0.717) is 0 Å². The van der Waals surface area contributed by atoms with E-state index in [1.807, 2.05) is 24.3 Å². The van der Waals surface area contributed by atoms with E-state index in [1.165, 1.54) is 0 Å². The Labute approximate surface area is 109 Å². The summed E-state index contributed by atoms with van der Waals surface area (Å²) in [6.07, 6.45) is 3.17. The summed E-state index contributed by atoms with van der Waals surface area (Å²) in [6.45, 7) is 0. The molecule has 1 aromatic rings. The number of benzene rings is 1. The maximum absolute atomic E-state index is 10.6. The lowest BCUT2D eigenvalue weighted by atomic mass is 10.0. The molecule has 1 aromatic carbocycles. The van der Waals surface area contributed by atoms with Crippen molar-refractivity contribution in [3.63, 3.8) is 0 Å². The summed E-state index contributed by atoms with van der Waals surface area (Å²) in [5.41, 5.74) is 0. The fraction of sp³-hybridized carbons (Fsp3) is 0.462. The first-order valence-corrected chi connectivity index (χ1v) is 6.57. The largest absolute Gasteiger partial charge is 0.490 e. The number of hydrogen-bond acceptors (Lipinski definition) is 2. The molecule has 0 saturated heterocycles. The molecule has 2 unspecified atom stereocenters. The van der Waals surface area contributed by atoms with Crippen molar-refractivity contribution in [2.45, 2.75) is 31.8 Å². The number of halogens is 1. The molecule has 0 radical (unpaired) electrons. The predicted molar refractivity (Wildman–Crippen MR) is 68.2 cm³/mol. The molecule has 1 saturated carbocycles. The summed E-state index contributed by atoms with van der Waals surface area (Å²) in [6, 6.07) is 7.75. The lowest BCUT2D eigenvalue weighted by Gasteiger charge is -2.13.